The van der Waals surface area contributed by atoms with Gasteiger partial charge in [0.05, 0.1) is 0 Å². The molecule has 0 aliphatic carbocycles. The average Bonchev–Trinajstić information content (AvgIpc) is 2.61. The molecule has 1 saturated heterocycles. The van der Waals surface area contributed by atoms with Gasteiger partial charge in [0.2, 0.25) is 11.8 Å². The molecule has 0 unspecified atom stereocenters. The highest BCUT2D eigenvalue weighted by Crippen LogP contribution is 2.11. The van der Waals surface area contributed by atoms with E-state index in [1.54, 1.807) is 4.90 Å². The summed E-state index contributed by atoms with van der Waals surface area (Å²) in [6.45, 7) is 7.08. The fourth-order valence-corrected chi connectivity index (χ4v) is 3.14. The van der Waals surface area contributed by atoms with E-state index >= 15 is 0 Å². The molecule has 2 amide bonds. The summed E-state index contributed by atoms with van der Waals surface area (Å²) < 4.78 is 0. The van der Waals surface area contributed by atoms with E-state index in [4.69, 9.17) is 0 Å². The van der Waals surface area contributed by atoms with Crippen molar-refractivity contribution in [2.75, 3.05) is 26.2 Å². The zero-order chi connectivity index (χ0) is 17.6. The van der Waals surface area contributed by atoms with Crippen molar-refractivity contribution in [2.24, 2.45) is 0 Å². The van der Waals surface area contributed by atoms with E-state index in [1.807, 2.05) is 0 Å². The number of nitrogens with zero attached hydrogens (tertiary/aromatic N) is 1. The van der Waals surface area contributed by atoms with Crippen LogP contribution in [-0.4, -0.2) is 48.9 Å². The van der Waals surface area contributed by atoms with Gasteiger partial charge < -0.3 is 15.5 Å². The smallest absolute Gasteiger partial charge is 0.244 e. The number of hydrogen-bond acceptors (Lipinski definition) is 3. The molecule has 0 aromatic rings. The van der Waals surface area contributed by atoms with Crippen molar-refractivity contribution in [3.05, 3.63) is 0 Å². The van der Waals surface area contributed by atoms with E-state index in [0.717, 1.165) is 32.2 Å². The summed E-state index contributed by atoms with van der Waals surface area (Å²) in [4.78, 5) is 26.7. The van der Waals surface area contributed by atoms with Gasteiger partial charge in [-0.2, -0.15) is 0 Å². The lowest BCUT2D eigenvalue weighted by Gasteiger charge is -2.35. The van der Waals surface area contributed by atoms with Gasteiger partial charge in [-0.05, 0) is 12.8 Å². The van der Waals surface area contributed by atoms with Crippen molar-refractivity contribution < 1.29 is 9.59 Å². The monoisotopic (exact) mass is 339 g/mol. The van der Waals surface area contributed by atoms with Crippen molar-refractivity contribution in [3.63, 3.8) is 0 Å². The molecule has 1 atom stereocenters. The minimum Gasteiger partial charge on any atom is -0.354 e. The van der Waals surface area contributed by atoms with Crippen LogP contribution in [0.3, 0.4) is 0 Å². The summed E-state index contributed by atoms with van der Waals surface area (Å²) in [6, 6.07) is -0.340. The zero-order valence-electron chi connectivity index (χ0n) is 15.7. The van der Waals surface area contributed by atoms with E-state index < -0.39 is 0 Å². The highest BCUT2D eigenvalue weighted by molar-refractivity contribution is 5.88. The van der Waals surface area contributed by atoms with Crippen LogP contribution in [0.25, 0.3) is 0 Å². The second-order valence-corrected chi connectivity index (χ2v) is 6.82. The van der Waals surface area contributed by atoms with Gasteiger partial charge in [-0.3, -0.25) is 9.59 Å². The summed E-state index contributed by atoms with van der Waals surface area (Å²) in [5.41, 5.74) is 0. The minimum atomic E-state index is -0.340. The average molecular weight is 340 g/mol. The van der Waals surface area contributed by atoms with Gasteiger partial charge in [-0.15, -0.1) is 0 Å². The molecule has 5 heteroatoms. The summed E-state index contributed by atoms with van der Waals surface area (Å²) in [6.07, 6.45) is 10.9. The van der Waals surface area contributed by atoms with Gasteiger partial charge in [0.1, 0.15) is 6.04 Å². The van der Waals surface area contributed by atoms with Crippen molar-refractivity contribution in [2.45, 2.75) is 84.1 Å². The molecule has 1 rings (SSSR count). The van der Waals surface area contributed by atoms with Gasteiger partial charge >= 0.3 is 0 Å². The third kappa shape index (κ3) is 8.13. The molecule has 5 nitrogen and oxygen atoms in total. The summed E-state index contributed by atoms with van der Waals surface area (Å²) in [5.74, 6) is 0.136. The van der Waals surface area contributed by atoms with Gasteiger partial charge in [0, 0.05) is 32.6 Å². The first-order valence-electron chi connectivity index (χ1n) is 9.98. The van der Waals surface area contributed by atoms with E-state index in [0.29, 0.717) is 26.1 Å². The van der Waals surface area contributed by atoms with Crippen LogP contribution in [0.4, 0.5) is 0 Å². The number of hydrogen-bond donors (Lipinski definition) is 2. The van der Waals surface area contributed by atoms with E-state index in [-0.39, 0.29) is 17.9 Å². The Labute approximate surface area is 147 Å². The lowest BCUT2D eigenvalue weighted by molar-refractivity contribution is -0.141. The van der Waals surface area contributed by atoms with Gasteiger partial charge in [0.15, 0.2) is 0 Å². The molecule has 1 aliphatic heterocycles. The van der Waals surface area contributed by atoms with Gasteiger partial charge in [-0.1, -0.05) is 58.8 Å². The summed E-state index contributed by atoms with van der Waals surface area (Å²) in [7, 11) is 0. The second kappa shape index (κ2) is 13.2. The van der Waals surface area contributed by atoms with Gasteiger partial charge in [0.25, 0.3) is 0 Å². The predicted molar refractivity (Wildman–Crippen MR) is 98.9 cm³/mol. The molecule has 140 valence electrons. The SMILES string of the molecule is CCCCCCCC(=O)N1CCNC[C@H]1C(=O)NCCCCCC. The number of unbranched alkanes of at least 4 members (excludes halogenated alkanes) is 7. The topological polar surface area (TPSA) is 61.4 Å². The maximum absolute atomic E-state index is 12.5. The molecule has 1 fully saturated rings. The molecule has 1 heterocycles. The Bertz CT molecular complexity index is 327. The highest BCUT2D eigenvalue weighted by Gasteiger charge is 2.31. The normalized spacial score (nSPS) is 17.8. The largest absolute Gasteiger partial charge is 0.354 e. The Hall–Kier alpha value is -1.10. The number of carbonyl (C=O) groups excluding carboxylic acids is 2. The first kappa shape index (κ1) is 20.9. The minimum absolute atomic E-state index is 0.00182. The van der Waals surface area contributed by atoms with Crippen LogP contribution in [0.5, 0.6) is 0 Å². The van der Waals surface area contributed by atoms with E-state index in [2.05, 4.69) is 24.5 Å². The first-order valence-corrected chi connectivity index (χ1v) is 9.98. The van der Waals surface area contributed by atoms with E-state index in [1.165, 1.54) is 32.1 Å². The Morgan fingerprint density at radius 1 is 1.00 bits per heavy atom. The van der Waals surface area contributed by atoms with E-state index in [9.17, 15) is 9.59 Å². The molecule has 1 aliphatic rings. The predicted octanol–water partition coefficient (Wildman–Crippen LogP) is 2.84. The van der Waals surface area contributed by atoms with Crippen LogP contribution in [0.2, 0.25) is 0 Å². The number of nitrogens with one attached hydrogen (secondary N) is 2. The Morgan fingerprint density at radius 2 is 1.67 bits per heavy atom. The number of carbonyl (C=O) groups is 2. The van der Waals surface area contributed by atoms with Crippen LogP contribution >= 0.6 is 0 Å². The van der Waals surface area contributed by atoms with Crippen molar-refractivity contribution in [1.82, 2.24) is 15.5 Å². The molecular formula is C19H37N3O2. The number of amides is 2. The Kier molecular flexibility index (Phi) is 11.5. The molecule has 0 saturated carbocycles. The quantitative estimate of drug-likeness (QED) is 0.538. The molecular weight excluding hydrogens is 302 g/mol. The third-order valence-electron chi connectivity index (χ3n) is 4.69. The Morgan fingerprint density at radius 3 is 2.38 bits per heavy atom. The number of rotatable bonds is 12. The molecule has 0 bridgehead atoms. The number of piperazine rings is 1. The van der Waals surface area contributed by atoms with Crippen molar-refractivity contribution >= 4 is 11.8 Å². The van der Waals surface area contributed by atoms with Crippen LogP contribution in [-0.2, 0) is 9.59 Å². The Balaban J connectivity index is 2.34. The molecule has 0 radical (unpaired) electrons. The van der Waals surface area contributed by atoms with Crippen LogP contribution < -0.4 is 10.6 Å². The molecule has 0 spiro atoms. The maximum atomic E-state index is 12.5. The van der Waals surface area contributed by atoms with Crippen LogP contribution in [0.1, 0.15) is 78.1 Å². The van der Waals surface area contributed by atoms with Gasteiger partial charge in [-0.25, -0.2) is 0 Å². The van der Waals surface area contributed by atoms with Crippen molar-refractivity contribution in [3.8, 4) is 0 Å². The lowest BCUT2D eigenvalue weighted by atomic mass is 10.1. The fourth-order valence-electron chi connectivity index (χ4n) is 3.14. The molecule has 0 aromatic carbocycles. The standard InChI is InChI=1S/C19H37N3O2/c1-3-5-7-9-10-12-18(23)22-15-14-20-16-17(22)19(24)21-13-11-8-6-4-2/h17,20H,3-16H2,1-2H3,(H,21,24)/t17-/m0/s1. The molecule has 0 aromatic heterocycles. The summed E-state index contributed by atoms with van der Waals surface area (Å²) >= 11 is 0. The summed E-state index contributed by atoms with van der Waals surface area (Å²) in [5, 5.41) is 6.25. The van der Waals surface area contributed by atoms with Crippen LogP contribution in [0.15, 0.2) is 0 Å². The van der Waals surface area contributed by atoms with Crippen LogP contribution in [0, 0.1) is 0 Å². The third-order valence-corrected chi connectivity index (χ3v) is 4.69. The molecule has 24 heavy (non-hydrogen) atoms. The molecule has 2 N–H and O–H groups in total. The maximum Gasteiger partial charge on any atom is 0.244 e. The second-order valence-electron chi connectivity index (χ2n) is 6.82. The lowest BCUT2D eigenvalue weighted by Crippen LogP contribution is -2.59. The van der Waals surface area contributed by atoms with Crippen molar-refractivity contribution in [1.29, 1.82) is 0 Å². The fraction of sp³-hybridized carbons (Fsp3) is 0.895. The first-order chi connectivity index (χ1) is 11.7. The zero-order valence-corrected chi connectivity index (χ0v) is 15.7. The highest BCUT2D eigenvalue weighted by atomic mass is 16.2.